The van der Waals surface area contributed by atoms with Crippen LogP contribution in [0, 0.1) is 11.8 Å². The molecule has 7 amide bonds. The van der Waals surface area contributed by atoms with Crippen LogP contribution in [0.3, 0.4) is 0 Å². The van der Waals surface area contributed by atoms with E-state index < -0.39 is 84.8 Å². The van der Waals surface area contributed by atoms with Crippen LogP contribution in [0.2, 0.25) is 0 Å². The van der Waals surface area contributed by atoms with Gasteiger partial charge in [-0.2, -0.15) is 0 Å². The molecule has 5 rings (SSSR count). The molecule has 1 aromatic carbocycles. The third-order valence-electron chi connectivity index (χ3n) is 13.0. The predicted molar refractivity (Wildman–Crippen MR) is 273 cm³/mol. The van der Waals surface area contributed by atoms with E-state index in [1.165, 1.54) is 20.3 Å². The molecule has 390 valence electrons. The van der Waals surface area contributed by atoms with E-state index in [-0.39, 0.29) is 47.1 Å². The SMILES string of the molecule is CCCCCc1cc2ncnc(N[C@H]3O[C@@H](C)[C@H](NC(=O)CN(C)C(=O)OCc4ccc(NC(=O)[C@H](C)NC(=O)[C@@H](NC(=O)CCN5C(=O)CC(C(I)(CC)CCC)C5=O)C(C)C)cc4)[C@@H](O)[C@H]3O)c2[nH]1. The number of amides is 7. The van der Waals surface area contributed by atoms with Crippen molar-refractivity contribution in [3.05, 3.63) is 47.9 Å². The van der Waals surface area contributed by atoms with Gasteiger partial charge in [-0.25, -0.2) is 14.8 Å². The standard InChI is InChI=1S/C49H71IN10O11/c1-9-12-13-14-32-22-34-40(54-32)43(52-26-51-34)58-46-42(65)41(64)39(29(7)71-46)57-36(62)24-59(8)48(69)70-25-30-15-17-31(18-16-30)55-44(66)28(6)53-45(67)38(27(4)5)56-35(61)19-21-60-37(63)23-33(47(60)68)49(50,11-3)20-10-2/h15-18,22,26-29,33,38-39,41-42,46,54,64-65H,9-14,19-21,23-25H2,1-8H3,(H,53,67)(H,55,66)(H,56,61)(H,57,62)(H,51,52,58)/t28-,29-,33?,38-,39-,41+,42+,46-,49?/m0/s1. The minimum atomic E-state index is -1.46. The number of aryl methyl sites for hydroxylation is 1. The van der Waals surface area contributed by atoms with E-state index >= 15 is 0 Å². The number of aromatic amines is 1. The van der Waals surface area contributed by atoms with Crippen molar-refractivity contribution in [2.24, 2.45) is 11.8 Å². The summed E-state index contributed by atoms with van der Waals surface area (Å²) in [6, 6.07) is 5.36. The molecule has 9 atom stereocenters. The first kappa shape index (κ1) is 56.5. The van der Waals surface area contributed by atoms with Gasteiger partial charge in [0.1, 0.15) is 49.3 Å². The lowest BCUT2D eigenvalue weighted by molar-refractivity contribution is -0.172. The molecular weight excluding hydrogens is 1030 g/mol. The molecule has 3 aromatic rings. The van der Waals surface area contributed by atoms with E-state index in [2.05, 4.69) is 71.1 Å². The van der Waals surface area contributed by atoms with Gasteiger partial charge < -0.3 is 56.2 Å². The van der Waals surface area contributed by atoms with Crippen LogP contribution in [0.15, 0.2) is 36.7 Å². The zero-order valence-electron chi connectivity index (χ0n) is 41.9. The maximum absolute atomic E-state index is 13.3. The molecule has 4 heterocycles. The molecule has 0 spiro atoms. The molecule has 0 saturated carbocycles. The predicted octanol–water partition coefficient (Wildman–Crippen LogP) is 4.06. The smallest absolute Gasteiger partial charge is 0.410 e. The maximum atomic E-state index is 13.3. The monoisotopic (exact) mass is 1100 g/mol. The summed E-state index contributed by atoms with van der Waals surface area (Å²) in [5.74, 6) is -3.24. The molecule has 8 N–H and O–H groups in total. The Kier molecular flexibility index (Phi) is 20.5. The van der Waals surface area contributed by atoms with Crippen molar-refractivity contribution < 1.29 is 53.2 Å². The lowest BCUT2D eigenvalue weighted by Gasteiger charge is -2.42. The Bertz CT molecular complexity index is 2350. The first-order valence-electron chi connectivity index (χ1n) is 24.5. The average Bonchev–Trinajstić information content (AvgIpc) is 3.89. The fourth-order valence-electron chi connectivity index (χ4n) is 8.73. The Labute approximate surface area is 428 Å². The molecule has 21 nitrogen and oxygen atoms in total. The lowest BCUT2D eigenvalue weighted by Crippen LogP contribution is -2.64. The number of nitrogens with one attached hydrogen (secondary N) is 6. The number of likely N-dealkylation sites (tertiary alicyclic amines) is 1. The van der Waals surface area contributed by atoms with E-state index in [1.54, 1.807) is 45.0 Å². The van der Waals surface area contributed by atoms with Gasteiger partial charge in [-0.05, 0) is 69.2 Å². The van der Waals surface area contributed by atoms with Gasteiger partial charge >= 0.3 is 6.09 Å². The van der Waals surface area contributed by atoms with Crippen LogP contribution in [-0.2, 0) is 51.3 Å². The number of rotatable bonds is 24. The first-order chi connectivity index (χ1) is 33.7. The molecule has 2 unspecified atom stereocenters. The molecule has 0 aliphatic carbocycles. The van der Waals surface area contributed by atoms with E-state index in [9.17, 15) is 43.8 Å². The Morgan fingerprint density at radius 3 is 2.37 bits per heavy atom. The van der Waals surface area contributed by atoms with Crippen molar-refractivity contribution >= 4 is 86.7 Å². The summed E-state index contributed by atoms with van der Waals surface area (Å²) < 4.78 is 11.1. The molecular formula is C49H71IN10O11. The Balaban J connectivity index is 1.02. The largest absolute Gasteiger partial charge is 0.445 e. The van der Waals surface area contributed by atoms with Crippen LogP contribution < -0.4 is 26.6 Å². The van der Waals surface area contributed by atoms with Crippen LogP contribution >= 0.6 is 22.6 Å². The van der Waals surface area contributed by atoms with E-state index in [4.69, 9.17) is 9.47 Å². The van der Waals surface area contributed by atoms with E-state index in [0.717, 1.165) is 60.4 Å². The summed E-state index contributed by atoms with van der Waals surface area (Å²) in [4.78, 5) is 106. The Morgan fingerprint density at radius 1 is 0.986 bits per heavy atom. The summed E-state index contributed by atoms with van der Waals surface area (Å²) >= 11 is 2.30. The lowest BCUT2D eigenvalue weighted by atomic mass is 9.85. The molecule has 2 fully saturated rings. The number of aliphatic hydroxyl groups excluding tert-OH is 2. The number of likely N-dealkylation sites (N-methyl/N-ethyl adjacent to an activating group) is 1. The number of unbranched alkanes of at least 4 members (excludes halogenated alkanes) is 2. The molecule has 2 aromatic heterocycles. The molecule has 2 aliphatic rings. The molecule has 0 radical (unpaired) electrons. The van der Waals surface area contributed by atoms with Crippen molar-refractivity contribution in [1.82, 2.24) is 40.7 Å². The summed E-state index contributed by atoms with van der Waals surface area (Å²) in [7, 11) is 1.37. The number of anilines is 2. The normalized spacial score (nSPS) is 21.8. The summed E-state index contributed by atoms with van der Waals surface area (Å²) in [6.07, 6.45) is 2.30. The van der Waals surface area contributed by atoms with Gasteiger partial charge in [0.25, 0.3) is 0 Å². The van der Waals surface area contributed by atoms with Crippen molar-refractivity contribution in [2.75, 3.05) is 30.8 Å². The van der Waals surface area contributed by atoms with Crippen LogP contribution in [0.5, 0.6) is 0 Å². The number of carbonyl (C=O) groups excluding carboxylic acids is 7. The van der Waals surface area contributed by atoms with Gasteiger partial charge in [0.2, 0.25) is 35.4 Å². The number of carbonyl (C=O) groups is 7. The van der Waals surface area contributed by atoms with Crippen molar-refractivity contribution in [1.29, 1.82) is 0 Å². The van der Waals surface area contributed by atoms with Crippen molar-refractivity contribution in [3.63, 3.8) is 0 Å². The molecule has 2 saturated heterocycles. The highest BCUT2D eigenvalue weighted by Gasteiger charge is 2.49. The Morgan fingerprint density at radius 2 is 1.70 bits per heavy atom. The number of benzene rings is 1. The number of imide groups is 1. The summed E-state index contributed by atoms with van der Waals surface area (Å²) in [5.41, 5.74) is 3.31. The molecule has 2 aliphatic heterocycles. The topological polar surface area (TPSA) is 287 Å². The van der Waals surface area contributed by atoms with E-state index in [0.29, 0.717) is 28.1 Å². The quantitative estimate of drug-likeness (QED) is 0.0272. The number of hydrogen-bond acceptors (Lipinski definition) is 14. The molecule has 71 heavy (non-hydrogen) atoms. The van der Waals surface area contributed by atoms with Gasteiger partial charge in [0, 0.05) is 41.2 Å². The third kappa shape index (κ3) is 14.8. The fraction of sp³-hybridized carbons (Fsp3) is 0.612. The highest BCUT2D eigenvalue weighted by molar-refractivity contribution is 14.1. The first-order valence-corrected chi connectivity index (χ1v) is 25.6. The zero-order chi connectivity index (χ0) is 52.2. The van der Waals surface area contributed by atoms with Gasteiger partial charge in [-0.1, -0.05) is 88.6 Å². The average molecular weight is 1100 g/mol. The Hall–Kier alpha value is -5.46. The summed E-state index contributed by atoms with van der Waals surface area (Å²) in [6.45, 7) is 12.1. The number of aromatic nitrogens is 3. The number of H-pyrrole nitrogens is 1. The maximum Gasteiger partial charge on any atom is 0.410 e. The van der Waals surface area contributed by atoms with Crippen LogP contribution in [0.25, 0.3) is 11.0 Å². The van der Waals surface area contributed by atoms with Gasteiger partial charge in [-0.3, -0.25) is 33.7 Å². The highest BCUT2D eigenvalue weighted by Crippen LogP contribution is 2.42. The fourth-order valence-corrected chi connectivity index (χ4v) is 9.75. The minimum absolute atomic E-state index is 0.0911. The number of nitrogens with zero attached hydrogens (tertiary/aromatic N) is 4. The number of halogens is 1. The van der Waals surface area contributed by atoms with Crippen LogP contribution in [-0.4, -0.2) is 143 Å². The molecule has 0 bridgehead atoms. The number of aliphatic hydroxyl groups is 2. The van der Waals surface area contributed by atoms with Gasteiger partial charge in [0.05, 0.1) is 23.6 Å². The minimum Gasteiger partial charge on any atom is -0.445 e. The number of ether oxygens (including phenoxy) is 2. The second kappa shape index (κ2) is 25.8. The van der Waals surface area contributed by atoms with E-state index in [1.807, 2.05) is 19.9 Å². The zero-order valence-corrected chi connectivity index (χ0v) is 44.0. The second-order valence-electron chi connectivity index (χ2n) is 18.9. The van der Waals surface area contributed by atoms with Gasteiger partial charge in [-0.15, -0.1) is 0 Å². The second-order valence-corrected chi connectivity index (χ2v) is 21.0. The van der Waals surface area contributed by atoms with Gasteiger partial charge in [0.15, 0.2) is 12.0 Å². The highest BCUT2D eigenvalue weighted by atomic mass is 127. The molecule has 22 heteroatoms. The van der Waals surface area contributed by atoms with Crippen molar-refractivity contribution in [3.8, 4) is 0 Å². The number of hydrogen-bond donors (Lipinski definition) is 8. The van der Waals surface area contributed by atoms with Crippen molar-refractivity contribution in [2.45, 2.75) is 159 Å². The third-order valence-corrected chi connectivity index (χ3v) is 15.1. The van der Waals surface area contributed by atoms with Crippen LogP contribution in [0.1, 0.15) is 111 Å². The van der Waals surface area contributed by atoms with Crippen LogP contribution in [0.4, 0.5) is 16.3 Å². The number of alkyl halides is 1. The number of fused-ring (bicyclic) bond motifs is 1. The summed E-state index contributed by atoms with van der Waals surface area (Å²) in [5, 5.41) is 35.9.